The van der Waals surface area contributed by atoms with E-state index in [4.69, 9.17) is 5.73 Å². The molecule has 3 aliphatic carbocycles. The number of nitrogens with two attached hydrogens (primary N) is 1. The van der Waals surface area contributed by atoms with Crippen LogP contribution in [0.1, 0.15) is 58.8 Å². The fraction of sp³-hybridized carbons (Fsp3) is 0.900. The normalized spacial score (nSPS) is 50.8. The van der Waals surface area contributed by atoms with Crippen LogP contribution >= 0.6 is 0 Å². The molecule has 0 aromatic carbocycles. The molecule has 3 rings (SSSR count). The van der Waals surface area contributed by atoms with E-state index in [1.807, 2.05) is 0 Å². The van der Waals surface area contributed by atoms with Crippen molar-refractivity contribution in [1.29, 1.82) is 0 Å². The lowest BCUT2D eigenvalue weighted by atomic mass is 9.49. The summed E-state index contributed by atoms with van der Waals surface area (Å²) in [5, 5.41) is 20.0. The van der Waals surface area contributed by atoms with Gasteiger partial charge >= 0.3 is 0 Å². The summed E-state index contributed by atoms with van der Waals surface area (Å²) in [6.07, 6.45) is 7.19. The molecule has 0 spiro atoms. The number of hydrogen-bond donors (Lipinski definition) is 3. The maximum atomic E-state index is 10.0. The number of aliphatic hydroxyl groups is 2. The van der Waals surface area contributed by atoms with E-state index in [9.17, 15) is 10.2 Å². The molecular formula is C20H35NO2. The predicted octanol–water partition coefficient (Wildman–Crippen LogP) is 3.10. The summed E-state index contributed by atoms with van der Waals surface area (Å²) < 4.78 is 0. The molecule has 0 aliphatic heterocycles. The van der Waals surface area contributed by atoms with Crippen molar-refractivity contribution in [2.45, 2.75) is 64.9 Å². The van der Waals surface area contributed by atoms with Crippen LogP contribution in [-0.2, 0) is 0 Å². The number of allylic oxidation sites excluding steroid dienone is 1. The molecule has 0 amide bonds. The minimum Gasteiger partial charge on any atom is -0.396 e. The summed E-state index contributed by atoms with van der Waals surface area (Å²) in [5.74, 6) is 1.96. The van der Waals surface area contributed by atoms with Crippen molar-refractivity contribution in [3.8, 4) is 0 Å². The highest BCUT2D eigenvalue weighted by atomic mass is 16.3. The van der Waals surface area contributed by atoms with E-state index in [-0.39, 0.29) is 29.5 Å². The summed E-state index contributed by atoms with van der Waals surface area (Å²) in [4.78, 5) is 0. The molecule has 0 radical (unpaired) electrons. The Hall–Kier alpha value is -0.380. The van der Waals surface area contributed by atoms with Crippen LogP contribution in [0.25, 0.3) is 0 Å². The maximum absolute atomic E-state index is 10.0. The Morgan fingerprint density at radius 2 is 1.91 bits per heavy atom. The van der Waals surface area contributed by atoms with Gasteiger partial charge in [-0.25, -0.2) is 0 Å². The summed E-state index contributed by atoms with van der Waals surface area (Å²) in [5.41, 5.74) is 8.12. The molecule has 4 N–H and O–H groups in total. The molecule has 3 nitrogen and oxygen atoms in total. The van der Waals surface area contributed by atoms with Crippen molar-refractivity contribution in [3.05, 3.63) is 12.2 Å². The zero-order valence-corrected chi connectivity index (χ0v) is 14.9. The average Bonchev–Trinajstić information content (AvgIpc) is 2.84. The molecule has 0 heterocycles. The van der Waals surface area contributed by atoms with Gasteiger partial charge in [-0.1, -0.05) is 26.0 Å². The van der Waals surface area contributed by atoms with Crippen molar-refractivity contribution in [2.24, 2.45) is 40.2 Å². The lowest BCUT2D eigenvalue weighted by Crippen LogP contribution is -2.52. The fourth-order valence-corrected chi connectivity index (χ4v) is 6.51. The first-order valence-corrected chi connectivity index (χ1v) is 9.54. The van der Waals surface area contributed by atoms with E-state index in [1.165, 1.54) is 24.8 Å². The summed E-state index contributed by atoms with van der Waals surface area (Å²) in [6, 6.07) is 0. The molecule has 0 saturated heterocycles. The third kappa shape index (κ3) is 2.60. The van der Waals surface area contributed by atoms with E-state index in [0.29, 0.717) is 17.8 Å². The maximum Gasteiger partial charge on any atom is 0.0544 e. The van der Waals surface area contributed by atoms with Gasteiger partial charge in [0.1, 0.15) is 0 Å². The number of fused-ring (bicyclic) bond motifs is 1. The molecule has 3 fully saturated rings. The van der Waals surface area contributed by atoms with Gasteiger partial charge in [0.25, 0.3) is 0 Å². The van der Waals surface area contributed by atoms with Crippen LogP contribution in [0.2, 0.25) is 0 Å². The second-order valence-electron chi connectivity index (χ2n) is 9.02. The Morgan fingerprint density at radius 3 is 2.57 bits per heavy atom. The van der Waals surface area contributed by atoms with Gasteiger partial charge in [-0.2, -0.15) is 0 Å². The Labute approximate surface area is 141 Å². The van der Waals surface area contributed by atoms with Gasteiger partial charge in [-0.05, 0) is 86.0 Å². The van der Waals surface area contributed by atoms with Gasteiger partial charge in [0, 0.05) is 6.61 Å². The minimum absolute atomic E-state index is 0.114. The summed E-state index contributed by atoms with van der Waals surface area (Å²) in [7, 11) is 0. The molecule has 3 saturated carbocycles. The molecule has 0 aromatic heterocycles. The highest BCUT2D eigenvalue weighted by Crippen LogP contribution is 2.63. The van der Waals surface area contributed by atoms with Crippen molar-refractivity contribution < 1.29 is 10.2 Å². The lowest BCUT2D eigenvalue weighted by molar-refractivity contribution is -0.0916. The molecule has 23 heavy (non-hydrogen) atoms. The molecule has 132 valence electrons. The van der Waals surface area contributed by atoms with Crippen LogP contribution in [0.3, 0.4) is 0 Å². The van der Waals surface area contributed by atoms with Gasteiger partial charge in [0.15, 0.2) is 0 Å². The van der Waals surface area contributed by atoms with E-state index >= 15 is 0 Å². The van der Waals surface area contributed by atoms with Crippen molar-refractivity contribution in [1.82, 2.24) is 0 Å². The molecule has 3 aliphatic rings. The SMILES string of the molecule is C=C1CC[C@H]2C(CN)C([C@@]3(C)CC[C@H](O)C[C@@H]3CO)CC[C@]12C. The minimum atomic E-state index is -0.239. The van der Waals surface area contributed by atoms with E-state index in [0.717, 1.165) is 32.2 Å². The molecule has 0 aromatic rings. The second kappa shape index (κ2) is 6.16. The predicted molar refractivity (Wildman–Crippen MR) is 93.8 cm³/mol. The molecule has 3 heteroatoms. The Kier molecular flexibility index (Phi) is 4.67. The van der Waals surface area contributed by atoms with Crippen LogP contribution in [0.15, 0.2) is 12.2 Å². The smallest absolute Gasteiger partial charge is 0.0544 e. The topological polar surface area (TPSA) is 66.5 Å². The van der Waals surface area contributed by atoms with E-state index in [2.05, 4.69) is 20.4 Å². The summed E-state index contributed by atoms with van der Waals surface area (Å²) >= 11 is 0. The highest BCUT2D eigenvalue weighted by molar-refractivity contribution is 5.20. The summed E-state index contributed by atoms with van der Waals surface area (Å²) in [6.45, 7) is 10.1. The van der Waals surface area contributed by atoms with Crippen LogP contribution in [0, 0.1) is 34.5 Å². The molecule has 2 unspecified atom stereocenters. The third-order valence-electron chi connectivity index (χ3n) is 8.24. The van der Waals surface area contributed by atoms with Crippen molar-refractivity contribution in [3.63, 3.8) is 0 Å². The zero-order valence-electron chi connectivity index (χ0n) is 14.9. The average molecular weight is 322 g/mol. The number of rotatable bonds is 3. The largest absolute Gasteiger partial charge is 0.396 e. The zero-order chi connectivity index (χ0) is 16.8. The number of hydrogen-bond acceptors (Lipinski definition) is 3. The van der Waals surface area contributed by atoms with Gasteiger partial charge in [-0.3, -0.25) is 0 Å². The first-order chi connectivity index (χ1) is 10.9. The van der Waals surface area contributed by atoms with Crippen molar-refractivity contribution >= 4 is 0 Å². The van der Waals surface area contributed by atoms with Gasteiger partial charge < -0.3 is 15.9 Å². The number of aliphatic hydroxyl groups excluding tert-OH is 2. The van der Waals surface area contributed by atoms with Crippen LogP contribution < -0.4 is 5.73 Å². The molecule has 7 atom stereocenters. The first kappa shape index (κ1) is 17.4. The van der Waals surface area contributed by atoms with Crippen LogP contribution in [0.4, 0.5) is 0 Å². The van der Waals surface area contributed by atoms with Crippen LogP contribution in [0.5, 0.6) is 0 Å². The highest BCUT2D eigenvalue weighted by Gasteiger charge is 2.56. The quantitative estimate of drug-likeness (QED) is 0.700. The van der Waals surface area contributed by atoms with Crippen molar-refractivity contribution in [2.75, 3.05) is 13.2 Å². The Morgan fingerprint density at radius 1 is 1.17 bits per heavy atom. The Bertz CT molecular complexity index is 465. The fourth-order valence-electron chi connectivity index (χ4n) is 6.51. The van der Waals surface area contributed by atoms with E-state index in [1.54, 1.807) is 0 Å². The Balaban J connectivity index is 1.89. The van der Waals surface area contributed by atoms with Gasteiger partial charge in [0.05, 0.1) is 6.10 Å². The van der Waals surface area contributed by atoms with Gasteiger partial charge in [-0.15, -0.1) is 0 Å². The third-order valence-corrected chi connectivity index (χ3v) is 8.24. The van der Waals surface area contributed by atoms with Gasteiger partial charge in [0.2, 0.25) is 0 Å². The second-order valence-corrected chi connectivity index (χ2v) is 9.02. The molecule has 0 bridgehead atoms. The monoisotopic (exact) mass is 321 g/mol. The van der Waals surface area contributed by atoms with Crippen LogP contribution in [-0.4, -0.2) is 29.5 Å². The lowest BCUT2D eigenvalue weighted by Gasteiger charge is -2.56. The standard InChI is InChI=1S/C20H35NO2/c1-13-4-5-17-16(11-21)18(7-9-19(13,17)2)20(3)8-6-15(23)10-14(20)12-22/h14-18,22-23H,1,4-12,21H2,2-3H3/t14-,15+,16?,17+,18?,19-,20+/m1/s1. The van der Waals surface area contributed by atoms with E-state index < -0.39 is 0 Å². The first-order valence-electron chi connectivity index (χ1n) is 9.54. The molecular weight excluding hydrogens is 286 g/mol.